The molecule has 9 heavy (non-hydrogen) atoms. The van der Waals surface area contributed by atoms with E-state index in [1.165, 1.54) is 0 Å². The van der Waals surface area contributed by atoms with Crippen LogP contribution in [0.4, 0.5) is 0 Å². The Hall–Kier alpha value is -0.0500. The van der Waals surface area contributed by atoms with Gasteiger partial charge in [0.25, 0.3) is 5.97 Å². The van der Waals surface area contributed by atoms with E-state index in [4.69, 9.17) is 9.90 Å². The molecule has 0 amide bonds. The van der Waals surface area contributed by atoms with Crippen molar-refractivity contribution in [1.82, 2.24) is 0 Å². The average Bonchev–Trinajstić information content (AvgIpc) is 1.19. The summed E-state index contributed by atoms with van der Waals surface area (Å²) in [5, 5.41) is 7.42. The molecule has 56 valence electrons. The Balaban J connectivity index is 0. The van der Waals surface area contributed by atoms with Crippen LogP contribution in [-0.4, -0.2) is 15.4 Å². The minimum Gasteiger partial charge on any atom is -0.481 e. The lowest BCUT2D eigenvalue weighted by Gasteiger charge is -2.02. The van der Waals surface area contributed by atoms with Crippen molar-refractivity contribution in [3.8, 4) is 0 Å². The van der Waals surface area contributed by atoms with Gasteiger partial charge in [0.2, 0.25) is 0 Å². The zero-order valence-corrected chi connectivity index (χ0v) is 7.82. The van der Waals surface area contributed by atoms with E-state index in [1.54, 1.807) is 0 Å². The largest absolute Gasteiger partial charge is 0.481 e. The topological polar surface area (TPSA) is 37.3 Å². The number of carboxylic acids is 1. The van der Waals surface area contributed by atoms with Gasteiger partial charge in [0.1, 0.15) is 0 Å². The Labute approximate surface area is 64.4 Å². The van der Waals surface area contributed by atoms with Crippen LogP contribution in [0.2, 0.25) is 0 Å². The van der Waals surface area contributed by atoms with Gasteiger partial charge in [-0.3, -0.25) is 4.79 Å². The smallest absolute Gasteiger partial charge is 0.300 e. The van der Waals surface area contributed by atoms with E-state index in [9.17, 15) is 0 Å². The molecule has 0 atom stereocenters. The predicted molar refractivity (Wildman–Crippen MR) is 42.0 cm³/mol. The van der Waals surface area contributed by atoms with Crippen molar-refractivity contribution < 1.29 is 9.90 Å². The van der Waals surface area contributed by atoms with Crippen molar-refractivity contribution in [1.29, 1.82) is 0 Å². The fraction of sp³-hybridized carbons (Fsp3) is 0.833. The molecule has 0 unspecified atom stereocenters. The average molecular weight is 197 g/mol. The van der Waals surface area contributed by atoms with Gasteiger partial charge in [-0.05, 0) is 0 Å². The SMILES string of the molecule is CC(=O)O.CC(C)(C)Br. The minimum atomic E-state index is -0.833. The van der Waals surface area contributed by atoms with Gasteiger partial charge in [0, 0.05) is 11.2 Å². The molecule has 3 heteroatoms. The number of hydrogen-bond acceptors (Lipinski definition) is 1. The van der Waals surface area contributed by atoms with Gasteiger partial charge < -0.3 is 5.11 Å². The van der Waals surface area contributed by atoms with Crippen LogP contribution in [0.1, 0.15) is 27.7 Å². The van der Waals surface area contributed by atoms with Crippen molar-refractivity contribution in [3.63, 3.8) is 0 Å². The second kappa shape index (κ2) is 4.79. The van der Waals surface area contributed by atoms with Gasteiger partial charge in [0.05, 0.1) is 0 Å². The molecule has 0 aliphatic heterocycles. The Morgan fingerprint density at radius 3 is 1.44 bits per heavy atom. The highest BCUT2D eigenvalue weighted by atomic mass is 79.9. The summed E-state index contributed by atoms with van der Waals surface area (Å²) in [6, 6.07) is 0. The highest BCUT2D eigenvalue weighted by molar-refractivity contribution is 9.10. The van der Waals surface area contributed by atoms with Gasteiger partial charge >= 0.3 is 0 Å². The maximum Gasteiger partial charge on any atom is 0.300 e. The van der Waals surface area contributed by atoms with Crippen molar-refractivity contribution in [2.24, 2.45) is 0 Å². The molecule has 1 N–H and O–H groups in total. The van der Waals surface area contributed by atoms with Crippen LogP contribution in [-0.2, 0) is 4.79 Å². The number of aliphatic carboxylic acids is 1. The third-order valence-corrected chi connectivity index (χ3v) is 0. The monoisotopic (exact) mass is 196 g/mol. The Morgan fingerprint density at radius 2 is 1.44 bits per heavy atom. The van der Waals surface area contributed by atoms with E-state index in [-0.39, 0.29) is 0 Å². The first-order valence-electron chi connectivity index (χ1n) is 2.62. The third kappa shape index (κ3) is 113000. The molecule has 0 spiro atoms. The molecule has 0 heterocycles. The minimum absolute atomic E-state index is 0.312. The molecule has 0 fully saturated rings. The lowest BCUT2D eigenvalue weighted by atomic mass is 10.3. The number of rotatable bonds is 0. The van der Waals surface area contributed by atoms with Crippen LogP contribution in [0.25, 0.3) is 0 Å². The molecule has 2 nitrogen and oxygen atoms in total. The molecular formula is C6H13BrO2. The fourth-order valence-electron chi connectivity index (χ4n) is 0. The quantitative estimate of drug-likeness (QED) is 0.604. The highest BCUT2D eigenvalue weighted by Gasteiger charge is 1.98. The molecule has 0 aromatic heterocycles. The lowest BCUT2D eigenvalue weighted by Crippen LogP contribution is -1.97. The van der Waals surface area contributed by atoms with Crippen LogP contribution < -0.4 is 0 Å². The van der Waals surface area contributed by atoms with E-state index in [0.717, 1.165) is 6.92 Å². The summed E-state index contributed by atoms with van der Waals surface area (Å²) in [4.78, 5) is 9.00. The first-order chi connectivity index (χ1) is 3.73. The number of carboxylic acid groups (broad SMARTS) is 1. The van der Waals surface area contributed by atoms with Crippen LogP contribution in [0.5, 0.6) is 0 Å². The second-order valence-electron chi connectivity index (χ2n) is 2.59. The summed E-state index contributed by atoms with van der Waals surface area (Å²) in [6.07, 6.45) is 0. The predicted octanol–water partition coefficient (Wildman–Crippen LogP) is 2.27. The lowest BCUT2D eigenvalue weighted by molar-refractivity contribution is -0.134. The summed E-state index contributed by atoms with van der Waals surface area (Å²) in [5.74, 6) is -0.833. The number of alkyl halides is 1. The zero-order valence-electron chi connectivity index (χ0n) is 6.23. The molecule has 0 radical (unpaired) electrons. The number of carbonyl (C=O) groups is 1. The molecule has 0 aliphatic carbocycles. The summed E-state index contributed by atoms with van der Waals surface area (Å²) in [5.41, 5.74) is 0. The van der Waals surface area contributed by atoms with Crippen molar-refractivity contribution >= 4 is 21.9 Å². The molecule has 0 aromatic rings. The first kappa shape index (κ1) is 11.7. The fourth-order valence-corrected chi connectivity index (χ4v) is 0. The maximum atomic E-state index is 9.00. The number of hydrogen-bond donors (Lipinski definition) is 1. The van der Waals surface area contributed by atoms with Crippen molar-refractivity contribution in [2.75, 3.05) is 0 Å². The molecule has 0 saturated carbocycles. The van der Waals surface area contributed by atoms with Gasteiger partial charge in [-0.1, -0.05) is 36.7 Å². The third-order valence-electron chi connectivity index (χ3n) is 0. The Morgan fingerprint density at radius 1 is 1.44 bits per heavy atom. The molecule has 0 rings (SSSR count). The molecule has 0 aliphatic rings. The molecule has 0 aromatic carbocycles. The highest BCUT2D eigenvalue weighted by Crippen LogP contribution is 2.11. The van der Waals surface area contributed by atoms with E-state index in [2.05, 4.69) is 36.7 Å². The summed E-state index contributed by atoms with van der Waals surface area (Å²) < 4.78 is 0.312. The van der Waals surface area contributed by atoms with Gasteiger partial charge in [-0.25, -0.2) is 0 Å². The maximum absolute atomic E-state index is 9.00. The van der Waals surface area contributed by atoms with Crippen LogP contribution >= 0.6 is 15.9 Å². The molecule has 0 bridgehead atoms. The van der Waals surface area contributed by atoms with E-state index < -0.39 is 5.97 Å². The number of halogens is 1. The van der Waals surface area contributed by atoms with E-state index >= 15 is 0 Å². The van der Waals surface area contributed by atoms with E-state index in [0.29, 0.717) is 4.32 Å². The van der Waals surface area contributed by atoms with Gasteiger partial charge in [-0.2, -0.15) is 0 Å². The molecule has 0 saturated heterocycles. The Bertz CT molecular complexity index is 73.5. The summed E-state index contributed by atoms with van der Waals surface area (Å²) in [7, 11) is 0. The summed E-state index contributed by atoms with van der Waals surface area (Å²) >= 11 is 3.38. The van der Waals surface area contributed by atoms with Gasteiger partial charge in [0.15, 0.2) is 0 Å². The molecular weight excluding hydrogens is 184 g/mol. The van der Waals surface area contributed by atoms with Crippen LogP contribution in [0.15, 0.2) is 0 Å². The van der Waals surface area contributed by atoms with Crippen LogP contribution in [0, 0.1) is 0 Å². The van der Waals surface area contributed by atoms with Gasteiger partial charge in [-0.15, -0.1) is 0 Å². The van der Waals surface area contributed by atoms with Crippen LogP contribution in [0.3, 0.4) is 0 Å². The zero-order chi connectivity index (χ0) is 8.08. The Kier molecular flexibility index (Phi) is 6.24. The second-order valence-corrected chi connectivity index (χ2v) is 4.96. The summed E-state index contributed by atoms with van der Waals surface area (Å²) in [6.45, 7) is 7.40. The first-order valence-corrected chi connectivity index (χ1v) is 3.41. The van der Waals surface area contributed by atoms with Crippen molar-refractivity contribution in [2.45, 2.75) is 32.0 Å². The normalized spacial score (nSPS) is 9.44. The standard InChI is InChI=1S/C4H9Br.C2H4O2/c1-4(2,3)5;1-2(3)4/h1-3H3;1H3,(H,3,4). The van der Waals surface area contributed by atoms with E-state index in [1.807, 2.05) is 0 Å². The van der Waals surface area contributed by atoms with Crippen molar-refractivity contribution in [3.05, 3.63) is 0 Å².